The summed E-state index contributed by atoms with van der Waals surface area (Å²) in [5.41, 5.74) is 1.74. The van der Waals surface area contributed by atoms with Gasteiger partial charge in [-0.15, -0.1) is 0 Å². The molecule has 1 aromatic heterocycles. The summed E-state index contributed by atoms with van der Waals surface area (Å²) in [6, 6.07) is 11.6. The Kier molecular flexibility index (Phi) is 3.91. The molecule has 2 N–H and O–H groups in total. The van der Waals surface area contributed by atoms with Crippen molar-refractivity contribution >= 4 is 26.8 Å². The molecule has 3 aromatic rings. The Balaban J connectivity index is 1.60. The van der Waals surface area contributed by atoms with Gasteiger partial charge in [-0.2, -0.15) is 5.10 Å². The summed E-state index contributed by atoms with van der Waals surface area (Å²) in [5, 5.41) is 16.5. The first-order valence-corrected chi connectivity index (χ1v) is 9.69. The predicted octanol–water partition coefficient (Wildman–Crippen LogP) is 2.86. The highest BCUT2D eigenvalue weighted by atomic mass is 32.2. The topological polar surface area (TPSA) is 103 Å². The summed E-state index contributed by atoms with van der Waals surface area (Å²) in [5.74, 6) is 0.102. The number of nitrogens with one attached hydrogen (secondary N) is 1. The molecule has 8 heteroatoms. The number of amides is 1. The Morgan fingerprint density at radius 3 is 2.58 bits per heavy atom. The monoisotopic (exact) mass is 371 g/mol. The molecule has 1 atom stereocenters. The van der Waals surface area contributed by atoms with E-state index < -0.39 is 15.9 Å². The maximum absolute atomic E-state index is 12.9. The highest BCUT2D eigenvalue weighted by molar-refractivity contribution is 7.91. The Bertz CT molecular complexity index is 1070. The molecule has 1 aliphatic rings. The number of fused-ring (bicyclic) bond motifs is 1. The van der Waals surface area contributed by atoms with E-state index in [0.717, 1.165) is 22.9 Å². The molecule has 0 bridgehead atoms. The van der Waals surface area contributed by atoms with Gasteiger partial charge in [0, 0.05) is 24.4 Å². The Morgan fingerprint density at radius 1 is 1.15 bits per heavy atom. The number of benzene rings is 2. The van der Waals surface area contributed by atoms with Crippen molar-refractivity contribution in [2.24, 2.45) is 0 Å². The smallest absolute Gasteiger partial charge is 0.407 e. The van der Waals surface area contributed by atoms with E-state index in [9.17, 15) is 13.2 Å². The summed E-state index contributed by atoms with van der Waals surface area (Å²) >= 11 is 0. The molecule has 26 heavy (non-hydrogen) atoms. The van der Waals surface area contributed by atoms with E-state index in [2.05, 4.69) is 10.2 Å². The van der Waals surface area contributed by atoms with E-state index in [0.29, 0.717) is 13.1 Å². The molecule has 1 saturated heterocycles. The van der Waals surface area contributed by atoms with Crippen LogP contribution in [0.4, 0.5) is 4.79 Å². The third-order valence-corrected chi connectivity index (χ3v) is 6.61. The van der Waals surface area contributed by atoms with Crippen molar-refractivity contribution in [2.75, 3.05) is 13.1 Å². The fourth-order valence-electron chi connectivity index (χ4n) is 3.35. The molecule has 0 radical (unpaired) electrons. The van der Waals surface area contributed by atoms with Crippen molar-refractivity contribution in [3.05, 3.63) is 54.2 Å². The van der Waals surface area contributed by atoms with E-state index in [4.69, 9.17) is 5.11 Å². The lowest BCUT2D eigenvalue weighted by Gasteiger charge is -2.13. The van der Waals surface area contributed by atoms with Gasteiger partial charge < -0.3 is 10.0 Å². The molecule has 2 aromatic carbocycles. The van der Waals surface area contributed by atoms with E-state index in [1.54, 1.807) is 48.7 Å². The number of likely N-dealkylation sites (tertiary alicyclic amines) is 1. The van der Waals surface area contributed by atoms with Crippen LogP contribution >= 0.6 is 0 Å². The standard InChI is InChI=1S/C18H17N3O4S/c22-18(23)21-8-7-13(11-21)12-1-3-15(4-2-12)26(24,25)16-5-6-17-14(9-16)10-19-20-17/h1-6,9-10,13H,7-8,11H2,(H,19,20)(H,22,23)/t13-/m1/s1. The number of hydrogen-bond donors (Lipinski definition) is 2. The minimum Gasteiger partial charge on any atom is -0.465 e. The molecule has 1 aliphatic heterocycles. The van der Waals surface area contributed by atoms with Crippen LogP contribution in [0.5, 0.6) is 0 Å². The summed E-state index contributed by atoms with van der Waals surface area (Å²) in [6.45, 7) is 0.948. The zero-order valence-electron chi connectivity index (χ0n) is 13.8. The van der Waals surface area contributed by atoms with Crippen molar-refractivity contribution in [2.45, 2.75) is 22.1 Å². The van der Waals surface area contributed by atoms with E-state index in [1.807, 2.05) is 0 Å². The van der Waals surface area contributed by atoms with Crippen molar-refractivity contribution in [1.82, 2.24) is 15.1 Å². The lowest BCUT2D eigenvalue weighted by molar-refractivity contribution is 0.155. The van der Waals surface area contributed by atoms with E-state index in [1.165, 1.54) is 4.90 Å². The van der Waals surface area contributed by atoms with Crippen molar-refractivity contribution in [3.8, 4) is 0 Å². The first kappa shape index (κ1) is 16.6. The molecule has 0 spiro atoms. The number of H-pyrrole nitrogens is 1. The summed E-state index contributed by atoms with van der Waals surface area (Å²) in [6.07, 6.45) is 1.42. The molecule has 2 heterocycles. The second kappa shape index (κ2) is 6.14. The third-order valence-electron chi connectivity index (χ3n) is 4.84. The van der Waals surface area contributed by atoms with Crippen molar-refractivity contribution < 1.29 is 18.3 Å². The third kappa shape index (κ3) is 2.82. The van der Waals surface area contributed by atoms with E-state index >= 15 is 0 Å². The highest BCUT2D eigenvalue weighted by Gasteiger charge is 2.27. The van der Waals surface area contributed by atoms with Gasteiger partial charge in [-0.3, -0.25) is 5.10 Å². The number of carboxylic acid groups (broad SMARTS) is 1. The fourth-order valence-corrected chi connectivity index (χ4v) is 4.65. The van der Waals surface area contributed by atoms with Gasteiger partial charge in [0.05, 0.1) is 21.5 Å². The van der Waals surface area contributed by atoms with Crippen LogP contribution in [-0.4, -0.2) is 47.8 Å². The predicted molar refractivity (Wildman–Crippen MR) is 94.9 cm³/mol. The molecule has 7 nitrogen and oxygen atoms in total. The van der Waals surface area contributed by atoms with Crippen LogP contribution in [0, 0.1) is 0 Å². The summed E-state index contributed by atoms with van der Waals surface area (Å²) in [7, 11) is -3.62. The van der Waals surface area contributed by atoms with Gasteiger partial charge in [-0.1, -0.05) is 12.1 Å². The minimum absolute atomic E-state index is 0.102. The molecular formula is C18H17N3O4S. The molecular weight excluding hydrogens is 354 g/mol. The van der Waals surface area contributed by atoms with Gasteiger partial charge in [0.15, 0.2) is 0 Å². The average molecular weight is 371 g/mol. The van der Waals surface area contributed by atoms with Crippen LogP contribution in [0.1, 0.15) is 17.9 Å². The first-order chi connectivity index (χ1) is 12.4. The normalized spacial score (nSPS) is 17.7. The van der Waals surface area contributed by atoms with Crippen LogP contribution < -0.4 is 0 Å². The number of carbonyl (C=O) groups is 1. The Hall–Kier alpha value is -2.87. The SMILES string of the molecule is O=C(O)N1CC[C@@H](c2ccc(S(=O)(=O)c3ccc4[nH]ncc4c3)cc2)C1. The van der Waals surface area contributed by atoms with Gasteiger partial charge in [-0.25, -0.2) is 13.2 Å². The Morgan fingerprint density at radius 2 is 1.88 bits per heavy atom. The lowest BCUT2D eigenvalue weighted by Crippen LogP contribution is -2.26. The molecule has 134 valence electrons. The van der Waals surface area contributed by atoms with Gasteiger partial charge in [0.1, 0.15) is 0 Å². The lowest BCUT2D eigenvalue weighted by atomic mass is 9.99. The van der Waals surface area contributed by atoms with Crippen LogP contribution in [0.15, 0.2) is 58.5 Å². The summed E-state index contributed by atoms with van der Waals surface area (Å²) in [4.78, 5) is 12.9. The van der Waals surface area contributed by atoms with Crippen LogP contribution in [0.3, 0.4) is 0 Å². The second-order valence-corrected chi connectivity index (χ2v) is 8.36. The van der Waals surface area contributed by atoms with Crippen molar-refractivity contribution in [1.29, 1.82) is 0 Å². The van der Waals surface area contributed by atoms with Gasteiger partial charge in [0.2, 0.25) is 9.84 Å². The number of rotatable bonds is 3. The van der Waals surface area contributed by atoms with Crippen molar-refractivity contribution in [3.63, 3.8) is 0 Å². The van der Waals surface area contributed by atoms with Crippen LogP contribution in [-0.2, 0) is 9.84 Å². The number of aromatic nitrogens is 2. The maximum atomic E-state index is 12.9. The molecule has 0 unspecified atom stereocenters. The number of hydrogen-bond acceptors (Lipinski definition) is 4. The fraction of sp³-hybridized carbons (Fsp3) is 0.222. The van der Waals surface area contributed by atoms with E-state index in [-0.39, 0.29) is 15.7 Å². The number of sulfone groups is 1. The highest BCUT2D eigenvalue weighted by Crippen LogP contribution is 2.29. The first-order valence-electron chi connectivity index (χ1n) is 8.21. The zero-order valence-corrected chi connectivity index (χ0v) is 14.6. The summed E-state index contributed by atoms with van der Waals surface area (Å²) < 4.78 is 25.7. The quantitative estimate of drug-likeness (QED) is 0.737. The van der Waals surface area contributed by atoms with Gasteiger partial charge in [0.25, 0.3) is 0 Å². The maximum Gasteiger partial charge on any atom is 0.407 e. The molecule has 1 amide bonds. The number of nitrogens with zero attached hydrogens (tertiary/aromatic N) is 2. The van der Waals surface area contributed by atoms with Crippen LogP contribution in [0.25, 0.3) is 10.9 Å². The second-order valence-electron chi connectivity index (χ2n) is 6.41. The molecule has 0 saturated carbocycles. The molecule has 0 aliphatic carbocycles. The average Bonchev–Trinajstić information content (AvgIpc) is 3.30. The van der Waals surface area contributed by atoms with Gasteiger partial charge in [-0.05, 0) is 42.3 Å². The Labute approximate surface area is 150 Å². The molecule has 4 rings (SSSR count). The largest absolute Gasteiger partial charge is 0.465 e. The molecule has 1 fully saturated rings. The van der Waals surface area contributed by atoms with Crippen LogP contribution in [0.2, 0.25) is 0 Å². The zero-order chi connectivity index (χ0) is 18.3. The number of aromatic amines is 1. The van der Waals surface area contributed by atoms with Gasteiger partial charge >= 0.3 is 6.09 Å². The minimum atomic E-state index is -3.62.